The van der Waals surface area contributed by atoms with E-state index >= 15 is 0 Å². The van der Waals surface area contributed by atoms with E-state index < -0.39 is 6.10 Å². The van der Waals surface area contributed by atoms with E-state index in [0.29, 0.717) is 19.3 Å². The summed E-state index contributed by atoms with van der Waals surface area (Å²) in [6.07, 6.45) is 58.2. The normalized spacial score (nSPS) is 12.4. The van der Waals surface area contributed by atoms with E-state index in [4.69, 9.17) is 14.2 Å². The van der Waals surface area contributed by atoms with Crippen LogP contribution in [0.5, 0.6) is 0 Å². The summed E-state index contributed by atoms with van der Waals surface area (Å²) in [5.74, 6) is -0.992. The van der Waals surface area contributed by atoms with Crippen LogP contribution >= 0.6 is 0 Å². The Morgan fingerprint density at radius 2 is 0.683 bits per heavy atom. The van der Waals surface area contributed by atoms with E-state index in [1.807, 2.05) is 6.08 Å². The van der Waals surface area contributed by atoms with Gasteiger partial charge in [0.25, 0.3) is 0 Å². The molecular formula is C54H96O6. The van der Waals surface area contributed by atoms with E-state index in [9.17, 15) is 14.4 Å². The van der Waals surface area contributed by atoms with Crippen molar-refractivity contribution in [1.82, 2.24) is 0 Å². The van der Waals surface area contributed by atoms with Gasteiger partial charge in [-0.3, -0.25) is 14.4 Å². The fourth-order valence-electron chi connectivity index (χ4n) is 7.19. The Labute approximate surface area is 371 Å². The number of carbonyl (C=O) groups is 3. The summed E-state index contributed by atoms with van der Waals surface area (Å²) in [6.45, 7) is 6.56. The van der Waals surface area contributed by atoms with Crippen LogP contribution in [0.4, 0.5) is 0 Å². The monoisotopic (exact) mass is 841 g/mol. The summed E-state index contributed by atoms with van der Waals surface area (Å²) in [4.78, 5) is 37.9. The van der Waals surface area contributed by atoms with Crippen molar-refractivity contribution >= 4 is 17.9 Å². The van der Waals surface area contributed by atoms with E-state index in [2.05, 4.69) is 63.3 Å². The second kappa shape index (κ2) is 49.0. The van der Waals surface area contributed by atoms with Crippen LogP contribution in [-0.2, 0) is 28.6 Å². The van der Waals surface area contributed by atoms with E-state index in [0.717, 1.165) is 64.2 Å². The molecule has 6 nitrogen and oxygen atoms in total. The Bertz CT molecular complexity index is 1060. The zero-order valence-electron chi connectivity index (χ0n) is 39.7. The molecule has 1 unspecified atom stereocenters. The Morgan fingerprint density at radius 1 is 0.350 bits per heavy atom. The summed E-state index contributed by atoms with van der Waals surface area (Å²) in [6, 6.07) is 0. The first kappa shape index (κ1) is 57.4. The van der Waals surface area contributed by atoms with E-state index in [-0.39, 0.29) is 37.5 Å². The van der Waals surface area contributed by atoms with Crippen LogP contribution in [0.25, 0.3) is 0 Å². The van der Waals surface area contributed by atoms with Gasteiger partial charge in [0.15, 0.2) is 6.10 Å². The van der Waals surface area contributed by atoms with Crippen molar-refractivity contribution in [3.05, 3.63) is 48.6 Å². The fourth-order valence-corrected chi connectivity index (χ4v) is 7.19. The van der Waals surface area contributed by atoms with Gasteiger partial charge in [-0.1, -0.05) is 223 Å². The van der Waals surface area contributed by atoms with Gasteiger partial charge in [-0.25, -0.2) is 0 Å². The Balaban J connectivity index is 4.46. The van der Waals surface area contributed by atoms with Crippen LogP contribution in [0.3, 0.4) is 0 Å². The topological polar surface area (TPSA) is 78.9 Å². The third kappa shape index (κ3) is 46.4. The van der Waals surface area contributed by atoms with E-state index in [1.165, 1.54) is 148 Å². The van der Waals surface area contributed by atoms with Gasteiger partial charge in [0.2, 0.25) is 0 Å². The average molecular weight is 841 g/mol. The lowest BCUT2D eigenvalue weighted by Crippen LogP contribution is -2.30. The first-order valence-electron chi connectivity index (χ1n) is 25.7. The molecule has 0 fully saturated rings. The maximum atomic E-state index is 12.7. The number of unbranched alkanes of at least 4 members (excludes halogenated alkanes) is 28. The van der Waals surface area contributed by atoms with Crippen LogP contribution < -0.4 is 0 Å². The summed E-state index contributed by atoms with van der Waals surface area (Å²) in [5.41, 5.74) is 0. The lowest BCUT2D eigenvalue weighted by Gasteiger charge is -2.18. The molecule has 6 heteroatoms. The van der Waals surface area contributed by atoms with Gasteiger partial charge in [-0.05, 0) is 64.2 Å². The molecule has 0 aromatic rings. The molecule has 0 heterocycles. The standard InChI is InChI=1S/C54H96O6/c1-4-7-10-13-16-19-22-25-26-27-30-32-35-38-41-44-47-53(56)59-50-51(60-54(57)48-45-42-39-36-33-29-24-21-18-15-12-9-6-3)49-58-52(55)46-43-40-37-34-31-28-23-20-17-14-11-8-5-2/h26-27,29-30,32-33,39,42,51H,4-25,28,31,34-38,40-41,43-50H2,1-3H3/b27-26+,32-30+,33-29+,42-39+. The minimum Gasteiger partial charge on any atom is -0.462 e. The number of hydrogen-bond acceptors (Lipinski definition) is 6. The Hall–Kier alpha value is -2.63. The minimum atomic E-state index is -0.810. The lowest BCUT2D eigenvalue weighted by atomic mass is 10.0. The van der Waals surface area contributed by atoms with Crippen LogP contribution in [0.15, 0.2) is 48.6 Å². The molecule has 0 bridgehead atoms. The number of esters is 3. The molecule has 0 N–H and O–H groups in total. The van der Waals surface area contributed by atoms with Crippen molar-refractivity contribution in [2.45, 2.75) is 264 Å². The SMILES string of the molecule is CCCCCCCC/C=C/C/C=C/CCC(=O)OC(COC(=O)CCCCC/C=C/C=C/CCCCCCCCC)COC(=O)CCCCCCCCCCCCCCC. The first-order chi connectivity index (χ1) is 29.5. The Morgan fingerprint density at radius 3 is 1.10 bits per heavy atom. The molecule has 60 heavy (non-hydrogen) atoms. The summed E-state index contributed by atoms with van der Waals surface area (Å²) in [7, 11) is 0. The molecule has 0 rings (SSSR count). The molecule has 0 saturated heterocycles. The van der Waals surface area contributed by atoms with Crippen molar-refractivity contribution < 1.29 is 28.6 Å². The molecule has 0 spiro atoms. The predicted molar refractivity (Wildman–Crippen MR) is 256 cm³/mol. The smallest absolute Gasteiger partial charge is 0.306 e. The van der Waals surface area contributed by atoms with Gasteiger partial charge >= 0.3 is 17.9 Å². The zero-order valence-corrected chi connectivity index (χ0v) is 39.7. The van der Waals surface area contributed by atoms with Crippen LogP contribution in [0.1, 0.15) is 258 Å². The fraction of sp³-hybridized carbons (Fsp3) is 0.796. The lowest BCUT2D eigenvalue weighted by molar-refractivity contribution is -0.166. The average Bonchev–Trinajstić information content (AvgIpc) is 3.24. The van der Waals surface area contributed by atoms with Crippen LogP contribution in [-0.4, -0.2) is 37.2 Å². The third-order valence-electron chi connectivity index (χ3n) is 11.1. The van der Waals surface area contributed by atoms with Crippen molar-refractivity contribution in [2.75, 3.05) is 13.2 Å². The number of allylic oxidation sites excluding steroid dienone is 8. The molecule has 0 saturated carbocycles. The minimum absolute atomic E-state index is 0.102. The van der Waals surface area contributed by atoms with Crippen molar-refractivity contribution in [1.29, 1.82) is 0 Å². The number of ether oxygens (including phenoxy) is 3. The van der Waals surface area contributed by atoms with Crippen molar-refractivity contribution in [3.8, 4) is 0 Å². The summed E-state index contributed by atoms with van der Waals surface area (Å²) in [5, 5.41) is 0. The van der Waals surface area contributed by atoms with Gasteiger partial charge in [0, 0.05) is 19.3 Å². The maximum absolute atomic E-state index is 12.7. The Kier molecular flexibility index (Phi) is 46.9. The maximum Gasteiger partial charge on any atom is 0.306 e. The number of hydrogen-bond donors (Lipinski definition) is 0. The van der Waals surface area contributed by atoms with Gasteiger partial charge in [-0.15, -0.1) is 0 Å². The second-order valence-electron chi connectivity index (χ2n) is 17.1. The molecular weight excluding hydrogens is 745 g/mol. The quantitative estimate of drug-likeness (QED) is 0.0200. The molecule has 348 valence electrons. The highest BCUT2D eigenvalue weighted by molar-refractivity contribution is 5.71. The van der Waals surface area contributed by atoms with Crippen molar-refractivity contribution in [2.24, 2.45) is 0 Å². The van der Waals surface area contributed by atoms with Crippen LogP contribution in [0.2, 0.25) is 0 Å². The third-order valence-corrected chi connectivity index (χ3v) is 11.1. The molecule has 0 amide bonds. The molecule has 1 atom stereocenters. The molecule has 0 aliphatic heterocycles. The first-order valence-corrected chi connectivity index (χ1v) is 25.7. The van der Waals surface area contributed by atoms with Gasteiger partial charge in [0.05, 0.1) is 0 Å². The molecule has 0 aromatic carbocycles. The highest BCUT2D eigenvalue weighted by Gasteiger charge is 2.19. The van der Waals surface area contributed by atoms with Gasteiger partial charge in [0.1, 0.15) is 13.2 Å². The number of rotatable bonds is 46. The molecule has 0 aliphatic carbocycles. The molecule has 0 aromatic heterocycles. The van der Waals surface area contributed by atoms with Crippen LogP contribution in [0, 0.1) is 0 Å². The van der Waals surface area contributed by atoms with Crippen molar-refractivity contribution in [3.63, 3.8) is 0 Å². The van der Waals surface area contributed by atoms with Gasteiger partial charge in [-0.2, -0.15) is 0 Å². The molecule has 0 radical (unpaired) electrons. The predicted octanol–water partition coefficient (Wildman–Crippen LogP) is 16.7. The highest BCUT2D eigenvalue weighted by Crippen LogP contribution is 2.14. The van der Waals surface area contributed by atoms with Gasteiger partial charge < -0.3 is 14.2 Å². The summed E-state index contributed by atoms with van der Waals surface area (Å²) >= 11 is 0. The largest absolute Gasteiger partial charge is 0.462 e. The second-order valence-corrected chi connectivity index (χ2v) is 17.1. The molecule has 0 aliphatic rings. The van der Waals surface area contributed by atoms with E-state index in [1.54, 1.807) is 0 Å². The zero-order chi connectivity index (χ0) is 43.7. The number of carbonyl (C=O) groups excluding carboxylic acids is 3. The highest BCUT2D eigenvalue weighted by atomic mass is 16.6. The summed E-state index contributed by atoms with van der Waals surface area (Å²) < 4.78 is 16.7.